The predicted octanol–water partition coefficient (Wildman–Crippen LogP) is 5.52. The van der Waals surface area contributed by atoms with Crippen LogP contribution in [-0.2, 0) is 0 Å². The van der Waals surface area contributed by atoms with Crippen molar-refractivity contribution < 1.29 is 0 Å². The van der Waals surface area contributed by atoms with Gasteiger partial charge in [-0.15, -0.1) is 0 Å². The van der Waals surface area contributed by atoms with E-state index in [2.05, 4.69) is 74.2 Å². The molecule has 0 aromatic heterocycles. The Labute approximate surface area is 113 Å². The van der Waals surface area contributed by atoms with Crippen LogP contribution in [0.1, 0.15) is 37.8 Å². The molecular weight excluding hydrogens is 307 g/mol. The smallest absolute Gasteiger partial charge is 0.0239 e. The maximum atomic E-state index is 4.16. The number of halogens is 1. The molecule has 0 N–H and O–H groups in total. The van der Waals surface area contributed by atoms with Gasteiger partial charge in [-0.05, 0) is 59.1 Å². The average Bonchev–Trinajstić information content (AvgIpc) is 2.30. The normalized spacial score (nSPS) is 12.2. The van der Waals surface area contributed by atoms with Gasteiger partial charge in [0.2, 0.25) is 0 Å². The highest BCUT2D eigenvalue weighted by Gasteiger charge is 2.08. The van der Waals surface area contributed by atoms with Crippen LogP contribution in [0.4, 0.5) is 0 Å². The highest BCUT2D eigenvalue weighted by atomic mass is 127. The van der Waals surface area contributed by atoms with E-state index in [9.17, 15) is 0 Å². The predicted molar refractivity (Wildman–Crippen MR) is 81.8 cm³/mol. The molecule has 0 aliphatic heterocycles. The summed E-state index contributed by atoms with van der Waals surface area (Å²) in [5.74, 6) is 0. The van der Waals surface area contributed by atoms with Gasteiger partial charge in [0.05, 0.1) is 0 Å². The van der Waals surface area contributed by atoms with Crippen molar-refractivity contribution in [1.29, 1.82) is 0 Å². The van der Waals surface area contributed by atoms with Crippen LogP contribution < -0.4 is 0 Å². The highest BCUT2D eigenvalue weighted by molar-refractivity contribution is 14.1. The summed E-state index contributed by atoms with van der Waals surface area (Å²) in [5.41, 5.74) is 5.34. The van der Waals surface area contributed by atoms with Crippen LogP contribution in [0.15, 0.2) is 42.0 Å². The standard InChI is InChI=1S/C15H19I/c1-5-11(3)13(6-2)15(16)14-10-8-7-9-12(14)4/h7-10H,3,5-6H2,1-2,4H3/b15-13+. The van der Waals surface area contributed by atoms with Crippen molar-refractivity contribution in [1.82, 2.24) is 0 Å². The Morgan fingerprint density at radius 3 is 2.31 bits per heavy atom. The number of rotatable bonds is 4. The number of hydrogen-bond donors (Lipinski definition) is 0. The summed E-state index contributed by atoms with van der Waals surface area (Å²) in [6, 6.07) is 8.54. The molecule has 0 bridgehead atoms. The Morgan fingerprint density at radius 1 is 1.19 bits per heavy atom. The fourth-order valence-corrected chi connectivity index (χ4v) is 3.12. The monoisotopic (exact) mass is 326 g/mol. The van der Waals surface area contributed by atoms with Crippen LogP contribution in [0.5, 0.6) is 0 Å². The zero-order valence-electron chi connectivity index (χ0n) is 10.3. The number of aryl methyl sites for hydroxylation is 1. The molecule has 1 rings (SSSR count). The van der Waals surface area contributed by atoms with Crippen molar-refractivity contribution in [3.05, 3.63) is 53.1 Å². The van der Waals surface area contributed by atoms with E-state index in [0.717, 1.165) is 12.8 Å². The Bertz CT molecular complexity index is 413. The van der Waals surface area contributed by atoms with Gasteiger partial charge in [0.1, 0.15) is 0 Å². The lowest BCUT2D eigenvalue weighted by Crippen LogP contribution is -1.91. The van der Waals surface area contributed by atoms with E-state index in [1.54, 1.807) is 0 Å². The lowest BCUT2D eigenvalue weighted by molar-refractivity contribution is 1.04. The first-order chi connectivity index (χ1) is 7.61. The molecule has 1 aromatic rings. The van der Waals surface area contributed by atoms with Gasteiger partial charge in [0.15, 0.2) is 0 Å². The van der Waals surface area contributed by atoms with Crippen LogP contribution in [0.25, 0.3) is 3.58 Å². The van der Waals surface area contributed by atoms with E-state index in [-0.39, 0.29) is 0 Å². The molecule has 0 saturated heterocycles. The highest BCUT2D eigenvalue weighted by Crippen LogP contribution is 2.33. The second kappa shape index (κ2) is 6.24. The summed E-state index contributed by atoms with van der Waals surface area (Å²) in [5, 5.41) is 0. The maximum Gasteiger partial charge on any atom is 0.0239 e. The second-order valence-electron chi connectivity index (χ2n) is 3.92. The fourth-order valence-electron chi connectivity index (χ4n) is 1.76. The third kappa shape index (κ3) is 2.97. The zero-order valence-corrected chi connectivity index (χ0v) is 12.5. The number of benzene rings is 1. The van der Waals surface area contributed by atoms with Crippen LogP contribution in [0.2, 0.25) is 0 Å². The van der Waals surface area contributed by atoms with Crippen molar-refractivity contribution >= 4 is 26.2 Å². The summed E-state index contributed by atoms with van der Waals surface area (Å²) >= 11 is 2.45. The molecule has 0 aliphatic rings. The van der Waals surface area contributed by atoms with Crippen LogP contribution in [0.3, 0.4) is 0 Å². The van der Waals surface area contributed by atoms with Crippen LogP contribution in [-0.4, -0.2) is 0 Å². The minimum Gasteiger partial charge on any atom is -0.0955 e. The summed E-state index contributed by atoms with van der Waals surface area (Å²) in [4.78, 5) is 0. The van der Waals surface area contributed by atoms with Gasteiger partial charge in [-0.1, -0.05) is 50.3 Å². The second-order valence-corrected chi connectivity index (χ2v) is 5.00. The van der Waals surface area contributed by atoms with Crippen LogP contribution >= 0.6 is 22.6 Å². The molecule has 1 heteroatoms. The van der Waals surface area contributed by atoms with Crippen molar-refractivity contribution in [2.45, 2.75) is 33.6 Å². The number of hydrogen-bond acceptors (Lipinski definition) is 0. The maximum absolute atomic E-state index is 4.16. The molecule has 0 heterocycles. The quantitative estimate of drug-likeness (QED) is 0.505. The topological polar surface area (TPSA) is 0 Å². The van der Waals surface area contributed by atoms with Gasteiger partial charge >= 0.3 is 0 Å². The molecule has 0 radical (unpaired) electrons. The third-order valence-electron chi connectivity index (χ3n) is 2.85. The Kier molecular flexibility index (Phi) is 5.26. The third-order valence-corrected chi connectivity index (χ3v) is 4.09. The van der Waals surface area contributed by atoms with Gasteiger partial charge in [0, 0.05) is 3.58 Å². The molecule has 0 nitrogen and oxygen atoms in total. The largest absolute Gasteiger partial charge is 0.0955 e. The van der Waals surface area contributed by atoms with E-state index in [1.165, 1.54) is 25.9 Å². The molecule has 16 heavy (non-hydrogen) atoms. The van der Waals surface area contributed by atoms with Crippen molar-refractivity contribution in [3.8, 4) is 0 Å². The molecule has 0 aliphatic carbocycles. The summed E-state index contributed by atoms with van der Waals surface area (Å²) < 4.78 is 1.35. The summed E-state index contributed by atoms with van der Waals surface area (Å²) in [6.07, 6.45) is 2.08. The van der Waals surface area contributed by atoms with Gasteiger partial charge in [-0.25, -0.2) is 0 Å². The first-order valence-electron chi connectivity index (χ1n) is 5.74. The average molecular weight is 326 g/mol. The van der Waals surface area contributed by atoms with Gasteiger partial charge < -0.3 is 0 Å². The Morgan fingerprint density at radius 2 is 1.81 bits per heavy atom. The molecule has 0 fully saturated rings. The van der Waals surface area contributed by atoms with Crippen LogP contribution in [0, 0.1) is 6.92 Å². The van der Waals surface area contributed by atoms with Gasteiger partial charge in [0.25, 0.3) is 0 Å². The Hall–Kier alpha value is -0.570. The number of allylic oxidation sites excluding steroid dienone is 2. The van der Waals surface area contributed by atoms with Gasteiger partial charge in [-0.3, -0.25) is 0 Å². The lowest BCUT2D eigenvalue weighted by Gasteiger charge is -2.12. The lowest BCUT2D eigenvalue weighted by atomic mass is 9.98. The van der Waals surface area contributed by atoms with Crippen molar-refractivity contribution in [2.24, 2.45) is 0 Å². The SMILES string of the molecule is C=C(CC)/C(CC)=C(/I)c1ccccc1C. The summed E-state index contributed by atoms with van der Waals surface area (Å²) in [6.45, 7) is 10.7. The van der Waals surface area contributed by atoms with E-state index < -0.39 is 0 Å². The molecule has 0 spiro atoms. The molecule has 0 unspecified atom stereocenters. The van der Waals surface area contributed by atoms with Gasteiger partial charge in [-0.2, -0.15) is 0 Å². The van der Waals surface area contributed by atoms with E-state index in [0.29, 0.717) is 0 Å². The molecule has 0 atom stereocenters. The Balaban J connectivity index is 3.25. The van der Waals surface area contributed by atoms with E-state index in [1.807, 2.05) is 0 Å². The first kappa shape index (κ1) is 13.5. The molecule has 86 valence electrons. The minimum atomic E-state index is 1.03. The van der Waals surface area contributed by atoms with E-state index >= 15 is 0 Å². The first-order valence-corrected chi connectivity index (χ1v) is 6.82. The molecule has 0 amide bonds. The molecule has 0 saturated carbocycles. The zero-order chi connectivity index (χ0) is 12.1. The molecular formula is C15H19I. The van der Waals surface area contributed by atoms with Crippen molar-refractivity contribution in [2.75, 3.05) is 0 Å². The molecule has 1 aromatic carbocycles. The minimum absolute atomic E-state index is 1.03. The van der Waals surface area contributed by atoms with Crippen molar-refractivity contribution in [3.63, 3.8) is 0 Å². The summed E-state index contributed by atoms with van der Waals surface area (Å²) in [7, 11) is 0. The fraction of sp³-hybridized carbons (Fsp3) is 0.333. The van der Waals surface area contributed by atoms with E-state index in [4.69, 9.17) is 0 Å².